The van der Waals surface area contributed by atoms with Crippen LogP contribution in [0.5, 0.6) is 0 Å². The average Bonchev–Trinajstić information content (AvgIpc) is 3.10. The smallest absolute Gasteiger partial charge is 0.146 e. The summed E-state index contributed by atoms with van der Waals surface area (Å²) < 4.78 is 47.7. The highest BCUT2D eigenvalue weighted by Crippen LogP contribution is 2.36. The highest BCUT2D eigenvalue weighted by Gasteiger charge is 2.29. The van der Waals surface area contributed by atoms with Gasteiger partial charge in [-0.05, 0) is 30.7 Å². The Bertz CT molecular complexity index is 952. The average molecular weight is 425 g/mol. The molecule has 2 heterocycles. The van der Waals surface area contributed by atoms with Gasteiger partial charge in [0, 0.05) is 41.4 Å². The zero-order valence-corrected chi connectivity index (χ0v) is 16.4. The molecule has 0 aliphatic carbocycles. The minimum absolute atomic E-state index is 0.0292. The summed E-state index contributed by atoms with van der Waals surface area (Å²) in [5.74, 6) is -0.634. The number of halogens is 4. The van der Waals surface area contributed by atoms with Gasteiger partial charge in [0.25, 0.3) is 0 Å². The normalized spacial score (nSPS) is 14.6. The monoisotopic (exact) mass is 424 g/mol. The number of benzene rings is 1. The summed E-state index contributed by atoms with van der Waals surface area (Å²) in [6, 6.07) is 7.24. The van der Waals surface area contributed by atoms with Crippen molar-refractivity contribution >= 4 is 11.6 Å². The predicted octanol–water partition coefficient (Wildman–Crippen LogP) is 5.63. The summed E-state index contributed by atoms with van der Waals surface area (Å²) in [6.07, 6.45) is -1.54. The first-order valence-electron chi connectivity index (χ1n) is 9.20. The van der Waals surface area contributed by atoms with Crippen LogP contribution in [0, 0.1) is 5.82 Å². The van der Waals surface area contributed by atoms with Gasteiger partial charge >= 0.3 is 0 Å². The topological polar surface area (TPSA) is 59.2 Å². The molecule has 0 aliphatic rings. The molecular formula is C21H20ClF3N2O2. The van der Waals surface area contributed by atoms with Crippen LogP contribution in [0.2, 0.25) is 5.02 Å². The fraction of sp³-hybridized carbons (Fsp3) is 0.333. The number of aromatic nitrogens is 2. The number of aliphatic hydroxyl groups excluding tert-OH is 1. The second-order valence-electron chi connectivity index (χ2n) is 6.72. The minimum atomic E-state index is -1.54. The number of alkyl halides is 2. The Hall–Kier alpha value is -2.38. The molecule has 0 spiro atoms. The Balaban J connectivity index is 2.04. The van der Waals surface area contributed by atoms with Crippen LogP contribution in [0.15, 0.2) is 47.2 Å². The van der Waals surface area contributed by atoms with Crippen LogP contribution in [-0.4, -0.2) is 27.6 Å². The molecule has 0 bridgehead atoms. The lowest BCUT2D eigenvalue weighted by atomic mass is 9.95. The van der Waals surface area contributed by atoms with Gasteiger partial charge in [0.05, 0.1) is 5.56 Å². The fourth-order valence-corrected chi connectivity index (χ4v) is 3.23. The summed E-state index contributed by atoms with van der Waals surface area (Å²) >= 11 is 5.81. The lowest BCUT2D eigenvalue weighted by Crippen LogP contribution is -2.14. The zero-order valence-electron chi connectivity index (χ0n) is 15.7. The molecule has 154 valence electrons. The Morgan fingerprint density at radius 2 is 2.00 bits per heavy atom. The van der Waals surface area contributed by atoms with Crippen LogP contribution in [0.3, 0.4) is 0 Å². The van der Waals surface area contributed by atoms with Crippen LogP contribution in [0.25, 0.3) is 11.3 Å². The highest BCUT2D eigenvalue weighted by molar-refractivity contribution is 6.30. The molecule has 29 heavy (non-hydrogen) atoms. The molecule has 0 fully saturated rings. The molecule has 0 amide bonds. The maximum absolute atomic E-state index is 14.5. The number of rotatable bonds is 8. The van der Waals surface area contributed by atoms with Crippen molar-refractivity contribution in [1.82, 2.24) is 10.1 Å². The first kappa shape index (κ1) is 21.3. The lowest BCUT2D eigenvalue weighted by Gasteiger charge is -2.14. The third-order valence-electron chi connectivity index (χ3n) is 4.62. The van der Waals surface area contributed by atoms with E-state index in [4.69, 9.17) is 16.1 Å². The molecule has 0 saturated heterocycles. The van der Waals surface area contributed by atoms with Crippen LogP contribution < -0.4 is 0 Å². The molecule has 0 saturated carbocycles. The minimum Gasteiger partial charge on any atom is -0.383 e. The first-order valence-corrected chi connectivity index (χ1v) is 9.58. The van der Waals surface area contributed by atoms with E-state index in [1.165, 1.54) is 24.5 Å². The third kappa shape index (κ3) is 4.97. The van der Waals surface area contributed by atoms with E-state index in [-0.39, 0.29) is 46.9 Å². The fourth-order valence-electron chi connectivity index (χ4n) is 3.07. The summed E-state index contributed by atoms with van der Waals surface area (Å²) in [5, 5.41) is 15.0. The molecule has 0 radical (unpaired) electrons. The van der Waals surface area contributed by atoms with E-state index in [0.717, 1.165) is 6.07 Å². The van der Waals surface area contributed by atoms with Crippen LogP contribution >= 0.6 is 11.6 Å². The van der Waals surface area contributed by atoms with Gasteiger partial charge in [0.1, 0.15) is 35.7 Å². The number of nitrogens with zero attached hydrogens (tertiary/aromatic N) is 2. The summed E-state index contributed by atoms with van der Waals surface area (Å²) in [7, 11) is 0. The molecule has 3 atom stereocenters. The summed E-state index contributed by atoms with van der Waals surface area (Å²) in [6.45, 7) is 1.63. The van der Waals surface area contributed by atoms with E-state index in [1.54, 1.807) is 19.1 Å². The zero-order chi connectivity index (χ0) is 21.0. The van der Waals surface area contributed by atoms with Crippen molar-refractivity contribution in [3.8, 4) is 11.3 Å². The van der Waals surface area contributed by atoms with Gasteiger partial charge in [0.2, 0.25) is 0 Å². The van der Waals surface area contributed by atoms with E-state index >= 15 is 0 Å². The summed E-state index contributed by atoms with van der Waals surface area (Å²) in [4.78, 5) is 3.96. The lowest BCUT2D eigenvalue weighted by molar-refractivity contribution is 0.196. The van der Waals surface area contributed by atoms with E-state index in [1.807, 2.05) is 0 Å². The molecule has 8 heteroatoms. The molecule has 4 nitrogen and oxygen atoms in total. The van der Waals surface area contributed by atoms with E-state index in [9.17, 15) is 18.3 Å². The highest BCUT2D eigenvalue weighted by atomic mass is 35.5. The molecule has 3 rings (SSSR count). The molecular weight excluding hydrogens is 405 g/mol. The largest absolute Gasteiger partial charge is 0.383 e. The van der Waals surface area contributed by atoms with E-state index < -0.39 is 24.3 Å². The van der Waals surface area contributed by atoms with Crippen molar-refractivity contribution in [2.24, 2.45) is 0 Å². The van der Waals surface area contributed by atoms with Gasteiger partial charge in [-0.15, -0.1) is 0 Å². The summed E-state index contributed by atoms with van der Waals surface area (Å²) in [5.41, 5.74) is 0.605. The number of pyridine rings is 1. The standard InChI is InChI=1S/C21H20ClF3N2O2/c1-2-14(23)9-15(24)10-18-19(21(28)12-4-3-7-26-11-12)20(27-29-18)16-6-5-13(22)8-17(16)25/h3-8,11,14-15,21,28H,2,9-10H2,1H3. The maximum Gasteiger partial charge on any atom is 0.146 e. The number of hydrogen-bond donors (Lipinski definition) is 1. The Kier molecular flexibility index (Phi) is 6.92. The van der Waals surface area contributed by atoms with Crippen LogP contribution in [-0.2, 0) is 6.42 Å². The molecule has 3 aromatic rings. The second-order valence-corrected chi connectivity index (χ2v) is 7.16. The maximum atomic E-state index is 14.5. The van der Waals surface area contributed by atoms with E-state index in [2.05, 4.69) is 10.1 Å². The SMILES string of the molecule is CCC(F)CC(F)Cc1onc(-c2ccc(Cl)cc2F)c1C(O)c1cccnc1. The molecule has 3 unspecified atom stereocenters. The van der Waals surface area contributed by atoms with Crippen molar-refractivity contribution in [2.75, 3.05) is 0 Å². The third-order valence-corrected chi connectivity index (χ3v) is 4.86. The number of aliphatic hydroxyl groups is 1. The quantitative estimate of drug-likeness (QED) is 0.509. The predicted molar refractivity (Wildman–Crippen MR) is 104 cm³/mol. The van der Waals surface area contributed by atoms with Gasteiger partial charge in [0.15, 0.2) is 0 Å². The van der Waals surface area contributed by atoms with Gasteiger partial charge in [-0.2, -0.15) is 0 Å². The molecule has 0 aliphatic heterocycles. The van der Waals surface area contributed by atoms with Crippen molar-refractivity contribution in [3.63, 3.8) is 0 Å². The Labute approximate surface area is 171 Å². The van der Waals surface area contributed by atoms with Crippen molar-refractivity contribution < 1.29 is 22.8 Å². The number of hydrogen-bond acceptors (Lipinski definition) is 4. The molecule has 1 N–H and O–H groups in total. The van der Waals surface area contributed by atoms with Gasteiger partial charge < -0.3 is 9.63 Å². The van der Waals surface area contributed by atoms with Crippen molar-refractivity contribution in [2.45, 2.75) is 44.6 Å². The first-order chi connectivity index (χ1) is 13.9. The Morgan fingerprint density at radius 3 is 2.66 bits per heavy atom. The second kappa shape index (κ2) is 9.41. The Morgan fingerprint density at radius 1 is 1.21 bits per heavy atom. The molecule has 1 aromatic carbocycles. The van der Waals surface area contributed by atoms with Crippen LogP contribution in [0.4, 0.5) is 13.2 Å². The van der Waals surface area contributed by atoms with Crippen LogP contribution in [0.1, 0.15) is 42.8 Å². The van der Waals surface area contributed by atoms with Gasteiger partial charge in [-0.3, -0.25) is 4.98 Å². The van der Waals surface area contributed by atoms with Crippen molar-refractivity contribution in [3.05, 3.63) is 70.5 Å². The van der Waals surface area contributed by atoms with Crippen molar-refractivity contribution in [1.29, 1.82) is 0 Å². The van der Waals surface area contributed by atoms with Gasteiger partial charge in [-0.25, -0.2) is 13.2 Å². The van der Waals surface area contributed by atoms with Gasteiger partial charge in [-0.1, -0.05) is 29.7 Å². The molecule has 2 aromatic heterocycles. The van der Waals surface area contributed by atoms with E-state index in [0.29, 0.717) is 5.56 Å².